The van der Waals surface area contributed by atoms with Gasteiger partial charge in [-0.3, -0.25) is 4.99 Å². The van der Waals surface area contributed by atoms with Crippen LogP contribution in [0.25, 0.3) is 0 Å². The molecule has 5 atom stereocenters. The number of nitrogens with zero attached hydrogens (tertiary/aromatic N) is 2. The molecular weight excluding hydrogens is 461 g/mol. The number of aliphatic imine (C=N–C) groups is 1. The smallest absolute Gasteiger partial charge is 0.193 e. The number of hydrogen-bond donors (Lipinski definition) is 2. The summed E-state index contributed by atoms with van der Waals surface area (Å²) in [4.78, 5) is 7.59. The summed E-state index contributed by atoms with van der Waals surface area (Å²) in [6, 6.07) is 3.69. The van der Waals surface area contributed by atoms with E-state index >= 15 is 0 Å². The highest BCUT2D eigenvalue weighted by Crippen LogP contribution is 2.47. The molecule has 1 aromatic heterocycles. The van der Waals surface area contributed by atoms with Crippen LogP contribution in [-0.4, -0.2) is 54.9 Å². The van der Waals surface area contributed by atoms with Gasteiger partial charge in [-0.25, -0.2) is 0 Å². The molecule has 0 radical (unpaired) electrons. The zero-order valence-corrected chi connectivity index (χ0v) is 17.4. The predicted octanol–water partition coefficient (Wildman–Crippen LogP) is 2.74. The summed E-state index contributed by atoms with van der Waals surface area (Å²) in [6.45, 7) is 2.46. The first-order valence-corrected chi connectivity index (χ1v) is 9.39. The van der Waals surface area contributed by atoms with Crippen LogP contribution in [0, 0.1) is 11.8 Å². The Morgan fingerprint density at radius 3 is 2.62 bits per heavy atom. The second-order valence-corrected chi connectivity index (χ2v) is 8.36. The van der Waals surface area contributed by atoms with E-state index in [0.717, 1.165) is 23.9 Å². The van der Waals surface area contributed by atoms with E-state index in [0.29, 0.717) is 34.9 Å². The van der Waals surface area contributed by atoms with Crippen LogP contribution in [0.2, 0.25) is 4.34 Å². The molecular formula is C16H23ClIN3O2S. The van der Waals surface area contributed by atoms with Crippen LogP contribution in [0.15, 0.2) is 17.1 Å². The molecule has 0 saturated carbocycles. The number of likely N-dealkylation sites (tertiary alicyclic amines) is 1. The second-order valence-electron chi connectivity index (χ2n) is 6.61. The highest BCUT2D eigenvalue weighted by Gasteiger charge is 2.53. The van der Waals surface area contributed by atoms with Gasteiger partial charge in [-0.1, -0.05) is 11.6 Å². The molecule has 0 spiro atoms. The summed E-state index contributed by atoms with van der Waals surface area (Å²) in [5.41, 5.74) is 0. The van der Waals surface area contributed by atoms with Crippen LogP contribution in [0.1, 0.15) is 23.8 Å². The van der Waals surface area contributed by atoms with E-state index < -0.39 is 6.10 Å². The molecule has 5 nitrogen and oxygen atoms in total. The van der Waals surface area contributed by atoms with Crippen LogP contribution in [0.4, 0.5) is 0 Å². The third kappa shape index (κ3) is 3.42. The Morgan fingerprint density at radius 1 is 1.42 bits per heavy atom. The SMILES string of the molecule is CN=C(NCC(O)c1ccc(Cl)s1)N1CC2C3CCC(O3)C2C1.I. The minimum absolute atomic E-state index is 0. The molecule has 2 bridgehead atoms. The van der Waals surface area contributed by atoms with E-state index in [1.807, 2.05) is 12.1 Å². The Kier molecular flexibility index (Phi) is 5.96. The fourth-order valence-electron chi connectivity index (χ4n) is 4.26. The van der Waals surface area contributed by atoms with Crippen molar-refractivity contribution < 1.29 is 9.84 Å². The molecule has 3 saturated heterocycles. The van der Waals surface area contributed by atoms with Gasteiger partial charge in [0.1, 0.15) is 6.10 Å². The largest absolute Gasteiger partial charge is 0.386 e. The van der Waals surface area contributed by atoms with E-state index in [1.54, 1.807) is 7.05 Å². The van der Waals surface area contributed by atoms with Crippen LogP contribution >= 0.6 is 46.9 Å². The van der Waals surface area contributed by atoms with Crippen molar-refractivity contribution in [1.82, 2.24) is 10.2 Å². The maximum Gasteiger partial charge on any atom is 0.193 e. The molecule has 8 heteroatoms. The van der Waals surface area contributed by atoms with E-state index in [1.165, 1.54) is 24.2 Å². The van der Waals surface area contributed by atoms with Crippen LogP contribution in [0.3, 0.4) is 0 Å². The van der Waals surface area contributed by atoms with Gasteiger partial charge >= 0.3 is 0 Å². The van der Waals surface area contributed by atoms with Gasteiger partial charge in [0.05, 0.1) is 16.5 Å². The first-order chi connectivity index (χ1) is 11.2. The summed E-state index contributed by atoms with van der Waals surface area (Å²) in [7, 11) is 1.80. The maximum absolute atomic E-state index is 10.3. The topological polar surface area (TPSA) is 57.1 Å². The molecule has 3 fully saturated rings. The summed E-state index contributed by atoms with van der Waals surface area (Å²) >= 11 is 7.34. The summed E-state index contributed by atoms with van der Waals surface area (Å²) in [5.74, 6) is 2.17. The van der Waals surface area contributed by atoms with E-state index in [9.17, 15) is 5.11 Å². The zero-order chi connectivity index (χ0) is 16.0. The molecule has 4 heterocycles. The third-order valence-electron chi connectivity index (χ3n) is 5.34. The van der Waals surface area contributed by atoms with E-state index in [4.69, 9.17) is 16.3 Å². The number of thiophene rings is 1. The van der Waals surface area contributed by atoms with Gasteiger partial charge in [-0.2, -0.15) is 0 Å². The van der Waals surface area contributed by atoms with Crippen LogP contribution in [0.5, 0.6) is 0 Å². The number of rotatable bonds is 3. The minimum Gasteiger partial charge on any atom is -0.386 e. The Balaban J connectivity index is 0.00000169. The van der Waals surface area contributed by atoms with Gasteiger partial charge in [-0.05, 0) is 25.0 Å². The van der Waals surface area contributed by atoms with Gasteiger partial charge in [0.25, 0.3) is 0 Å². The van der Waals surface area contributed by atoms with Gasteiger partial charge in [0, 0.05) is 43.4 Å². The molecule has 5 unspecified atom stereocenters. The van der Waals surface area contributed by atoms with Crippen molar-refractivity contribution in [1.29, 1.82) is 0 Å². The Morgan fingerprint density at radius 2 is 2.08 bits per heavy atom. The second kappa shape index (κ2) is 7.65. The summed E-state index contributed by atoms with van der Waals surface area (Å²) in [6.07, 6.45) is 2.76. The zero-order valence-electron chi connectivity index (χ0n) is 13.5. The number of nitrogens with one attached hydrogen (secondary N) is 1. The quantitative estimate of drug-likeness (QED) is 0.394. The predicted molar refractivity (Wildman–Crippen MR) is 108 cm³/mol. The molecule has 4 rings (SSSR count). The molecule has 3 aliphatic rings. The number of halogens is 2. The van der Waals surface area contributed by atoms with Crippen molar-refractivity contribution in [3.8, 4) is 0 Å². The molecule has 134 valence electrons. The molecule has 1 aromatic rings. The van der Waals surface area contributed by atoms with E-state index in [-0.39, 0.29) is 24.0 Å². The highest BCUT2D eigenvalue weighted by molar-refractivity contribution is 14.0. The Labute approximate surface area is 168 Å². The highest BCUT2D eigenvalue weighted by atomic mass is 127. The average Bonchev–Trinajstić information content (AvgIpc) is 3.29. The van der Waals surface area contributed by atoms with E-state index in [2.05, 4.69) is 15.2 Å². The minimum atomic E-state index is -0.564. The Bertz CT molecular complexity index is 596. The lowest BCUT2D eigenvalue weighted by Gasteiger charge is -2.24. The molecule has 24 heavy (non-hydrogen) atoms. The van der Waals surface area contributed by atoms with Crippen molar-refractivity contribution in [3.63, 3.8) is 0 Å². The number of hydrogen-bond acceptors (Lipinski definition) is 4. The standard InChI is InChI=1S/C16H22ClN3O2S.HI/c1-18-16(19-6-11(21)14-4-5-15(17)23-14)20-7-9-10(8-20)13-3-2-12(9)22-13;/h4-5,9-13,21H,2-3,6-8H2,1H3,(H,18,19);1H. The third-order valence-corrected chi connectivity index (χ3v) is 6.67. The van der Waals surface area contributed by atoms with Crippen molar-refractivity contribution in [2.24, 2.45) is 16.8 Å². The number of aliphatic hydroxyl groups is 1. The molecule has 3 aliphatic heterocycles. The monoisotopic (exact) mass is 483 g/mol. The van der Waals surface area contributed by atoms with Gasteiger partial charge in [0.2, 0.25) is 0 Å². The number of aliphatic hydroxyl groups excluding tert-OH is 1. The number of guanidine groups is 1. The molecule has 2 N–H and O–H groups in total. The van der Waals surface area contributed by atoms with Crippen molar-refractivity contribution >= 4 is 52.9 Å². The van der Waals surface area contributed by atoms with Gasteiger partial charge < -0.3 is 20.1 Å². The fourth-order valence-corrected chi connectivity index (χ4v) is 5.31. The van der Waals surface area contributed by atoms with Gasteiger partial charge in [-0.15, -0.1) is 35.3 Å². The van der Waals surface area contributed by atoms with Crippen LogP contribution in [-0.2, 0) is 4.74 Å². The lowest BCUT2D eigenvalue weighted by molar-refractivity contribution is 0.0766. The van der Waals surface area contributed by atoms with Crippen molar-refractivity contribution in [2.75, 3.05) is 26.7 Å². The first-order valence-electron chi connectivity index (χ1n) is 8.20. The van der Waals surface area contributed by atoms with Crippen molar-refractivity contribution in [2.45, 2.75) is 31.2 Å². The normalized spacial score (nSPS) is 32.6. The van der Waals surface area contributed by atoms with Crippen molar-refractivity contribution in [3.05, 3.63) is 21.3 Å². The molecule has 0 aromatic carbocycles. The maximum atomic E-state index is 10.3. The lowest BCUT2D eigenvalue weighted by atomic mass is 9.82. The number of fused-ring (bicyclic) bond motifs is 5. The number of ether oxygens (including phenoxy) is 1. The fraction of sp³-hybridized carbons (Fsp3) is 0.688. The molecule has 0 amide bonds. The summed E-state index contributed by atoms with van der Waals surface area (Å²) in [5, 5.41) is 13.6. The van der Waals surface area contributed by atoms with Crippen LogP contribution < -0.4 is 5.32 Å². The summed E-state index contributed by atoms with van der Waals surface area (Å²) < 4.78 is 6.72. The molecule has 0 aliphatic carbocycles. The van der Waals surface area contributed by atoms with Gasteiger partial charge in [0.15, 0.2) is 5.96 Å². The average molecular weight is 484 g/mol. The lowest BCUT2D eigenvalue weighted by Crippen LogP contribution is -2.42. The Hall–Kier alpha value is -0.0900. The first kappa shape index (κ1) is 18.7.